The maximum absolute atomic E-state index is 11.7. The number of sulfonamides is 1. The molecule has 0 radical (unpaired) electrons. The topological polar surface area (TPSA) is 136 Å². The van der Waals surface area contributed by atoms with Crippen LogP contribution in [0.2, 0.25) is 0 Å². The lowest BCUT2D eigenvalue weighted by Crippen LogP contribution is -2.32. The molecular formula is C19H23N5O4S. The Hall–Kier alpha value is -2.98. The zero-order chi connectivity index (χ0) is 21.0. The molecule has 1 aromatic heterocycles. The van der Waals surface area contributed by atoms with Crippen LogP contribution in [0.15, 0.2) is 47.6 Å². The summed E-state index contributed by atoms with van der Waals surface area (Å²) in [5.74, 6) is 0.514. The lowest BCUT2D eigenvalue weighted by atomic mass is 10.2. The first-order valence-electron chi connectivity index (χ1n) is 9.11. The quantitative estimate of drug-likeness (QED) is 0.657. The summed E-state index contributed by atoms with van der Waals surface area (Å²) in [6.07, 6.45) is 5.87. The number of carbonyl (C=O) groups is 1. The van der Waals surface area contributed by atoms with Crippen LogP contribution in [0, 0.1) is 0 Å². The van der Waals surface area contributed by atoms with Gasteiger partial charge in [-0.05, 0) is 62.6 Å². The van der Waals surface area contributed by atoms with Gasteiger partial charge < -0.3 is 15.4 Å². The van der Waals surface area contributed by atoms with Crippen molar-refractivity contribution in [1.29, 1.82) is 0 Å². The molecule has 0 saturated heterocycles. The van der Waals surface area contributed by atoms with E-state index < -0.39 is 16.1 Å². The van der Waals surface area contributed by atoms with E-state index in [2.05, 4.69) is 20.6 Å². The largest absolute Gasteiger partial charge is 0.442 e. The molecule has 1 atom stereocenters. The number of hydrogen-bond donors (Lipinski definition) is 3. The van der Waals surface area contributed by atoms with Crippen molar-refractivity contribution in [1.82, 2.24) is 15.3 Å². The number of primary sulfonamides is 1. The van der Waals surface area contributed by atoms with E-state index in [9.17, 15) is 13.2 Å². The van der Waals surface area contributed by atoms with Crippen molar-refractivity contribution in [3.05, 3.63) is 48.4 Å². The molecule has 3 rings (SSSR count). The van der Waals surface area contributed by atoms with Crippen LogP contribution >= 0.6 is 0 Å². The lowest BCUT2D eigenvalue weighted by Gasteiger charge is -2.12. The number of anilines is 2. The van der Waals surface area contributed by atoms with Gasteiger partial charge in [-0.25, -0.2) is 23.3 Å². The molecule has 29 heavy (non-hydrogen) atoms. The monoisotopic (exact) mass is 417 g/mol. The van der Waals surface area contributed by atoms with Gasteiger partial charge in [0, 0.05) is 11.7 Å². The third kappa shape index (κ3) is 5.75. The standard InChI is InChI=1S/C19H23N5O4S/c1-12(2)23-19(25)28-15-6-3-13(9-15)17-10-22-18(11-21-17)24-14-4-7-16(8-5-14)29(20,26)27/h4-5,7-12,15H,3,6H2,1-2H3,(H,22,24)(H,23,25)(H2,20,26,27)/t15-/m1/s1. The van der Waals surface area contributed by atoms with Crippen molar-refractivity contribution in [2.24, 2.45) is 5.14 Å². The second-order valence-electron chi connectivity index (χ2n) is 6.95. The summed E-state index contributed by atoms with van der Waals surface area (Å²) in [6.45, 7) is 3.74. The van der Waals surface area contributed by atoms with E-state index in [1.807, 2.05) is 19.9 Å². The minimum atomic E-state index is -3.72. The first-order chi connectivity index (χ1) is 13.7. The maximum Gasteiger partial charge on any atom is 0.407 e. The summed E-state index contributed by atoms with van der Waals surface area (Å²) in [5.41, 5.74) is 2.35. The average molecular weight is 417 g/mol. The highest BCUT2D eigenvalue weighted by Gasteiger charge is 2.21. The molecule has 0 saturated carbocycles. The van der Waals surface area contributed by atoms with Crippen LogP contribution in [-0.2, 0) is 14.8 Å². The van der Waals surface area contributed by atoms with Crippen LogP contribution < -0.4 is 15.8 Å². The third-order valence-electron chi connectivity index (χ3n) is 4.19. The smallest absolute Gasteiger partial charge is 0.407 e. The van der Waals surface area contributed by atoms with Gasteiger partial charge in [-0.2, -0.15) is 0 Å². The number of amides is 1. The Morgan fingerprint density at radius 2 is 1.93 bits per heavy atom. The van der Waals surface area contributed by atoms with E-state index in [-0.39, 0.29) is 17.0 Å². The van der Waals surface area contributed by atoms with E-state index in [0.29, 0.717) is 17.9 Å². The Balaban J connectivity index is 1.61. The second kappa shape index (κ2) is 8.58. The predicted octanol–water partition coefficient (Wildman–Crippen LogP) is 2.55. The van der Waals surface area contributed by atoms with Gasteiger partial charge in [0.2, 0.25) is 10.0 Å². The van der Waals surface area contributed by atoms with Gasteiger partial charge >= 0.3 is 6.09 Å². The molecular weight excluding hydrogens is 394 g/mol. The summed E-state index contributed by atoms with van der Waals surface area (Å²) in [4.78, 5) is 20.5. The van der Waals surface area contributed by atoms with Crippen LogP contribution in [-0.4, -0.2) is 36.6 Å². The van der Waals surface area contributed by atoms with Gasteiger partial charge in [0.25, 0.3) is 0 Å². The predicted molar refractivity (Wildman–Crippen MR) is 109 cm³/mol. The van der Waals surface area contributed by atoms with Crippen molar-refractivity contribution in [3.63, 3.8) is 0 Å². The van der Waals surface area contributed by atoms with Crippen LogP contribution in [0.3, 0.4) is 0 Å². The van der Waals surface area contributed by atoms with Crippen molar-refractivity contribution in [2.45, 2.75) is 43.7 Å². The van der Waals surface area contributed by atoms with E-state index in [4.69, 9.17) is 9.88 Å². The van der Waals surface area contributed by atoms with Gasteiger partial charge in [-0.1, -0.05) is 0 Å². The highest BCUT2D eigenvalue weighted by Crippen LogP contribution is 2.28. The number of alkyl carbamates (subject to hydrolysis) is 1. The Labute approximate surface area is 169 Å². The van der Waals surface area contributed by atoms with Crippen molar-refractivity contribution in [3.8, 4) is 0 Å². The van der Waals surface area contributed by atoms with Crippen molar-refractivity contribution >= 4 is 33.2 Å². The Morgan fingerprint density at radius 1 is 1.21 bits per heavy atom. The molecule has 0 spiro atoms. The number of hydrogen-bond acceptors (Lipinski definition) is 7. The van der Waals surface area contributed by atoms with E-state index in [0.717, 1.165) is 17.7 Å². The fourth-order valence-corrected chi connectivity index (χ4v) is 3.35. The minimum absolute atomic E-state index is 0.0224. The average Bonchev–Trinajstić information content (AvgIpc) is 3.09. The summed E-state index contributed by atoms with van der Waals surface area (Å²) in [6, 6.07) is 6.04. The number of aromatic nitrogens is 2. The molecule has 1 amide bonds. The molecule has 1 aliphatic carbocycles. The molecule has 0 bridgehead atoms. The molecule has 1 heterocycles. The second-order valence-corrected chi connectivity index (χ2v) is 8.52. The summed E-state index contributed by atoms with van der Waals surface area (Å²) >= 11 is 0. The molecule has 1 aliphatic rings. The number of nitrogens with two attached hydrogens (primary N) is 1. The number of nitrogens with one attached hydrogen (secondary N) is 2. The molecule has 9 nitrogen and oxygen atoms in total. The van der Waals surface area contributed by atoms with E-state index in [1.54, 1.807) is 24.5 Å². The molecule has 2 aromatic rings. The van der Waals surface area contributed by atoms with Gasteiger partial charge in [-0.3, -0.25) is 4.98 Å². The Kier molecular flexibility index (Phi) is 6.14. The zero-order valence-electron chi connectivity index (χ0n) is 16.1. The normalized spacial score (nSPS) is 16.4. The molecule has 154 valence electrons. The molecule has 4 N–H and O–H groups in total. The van der Waals surface area contributed by atoms with Crippen LogP contribution in [0.4, 0.5) is 16.3 Å². The number of carbonyl (C=O) groups excluding carboxylic acids is 1. The molecule has 0 fully saturated rings. The first-order valence-corrected chi connectivity index (χ1v) is 10.7. The maximum atomic E-state index is 11.7. The van der Waals surface area contributed by atoms with Crippen LogP contribution in [0.1, 0.15) is 32.4 Å². The lowest BCUT2D eigenvalue weighted by molar-refractivity contribution is 0.117. The van der Waals surface area contributed by atoms with Crippen molar-refractivity contribution < 1.29 is 17.9 Å². The van der Waals surface area contributed by atoms with Gasteiger partial charge in [0.05, 0.1) is 23.0 Å². The molecule has 0 aliphatic heterocycles. The Bertz CT molecular complexity index is 1000. The number of rotatable bonds is 6. The van der Waals surface area contributed by atoms with E-state index in [1.165, 1.54) is 12.1 Å². The van der Waals surface area contributed by atoms with Crippen molar-refractivity contribution in [2.75, 3.05) is 5.32 Å². The zero-order valence-corrected chi connectivity index (χ0v) is 16.9. The third-order valence-corrected chi connectivity index (χ3v) is 5.12. The molecule has 1 aromatic carbocycles. The highest BCUT2D eigenvalue weighted by molar-refractivity contribution is 7.89. The fourth-order valence-electron chi connectivity index (χ4n) is 2.84. The number of nitrogens with zero attached hydrogens (tertiary/aromatic N) is 2. The number of benzene rings is 1. The van der Waals surface area contributed by atoms with Gasteiger partial charge in [0.15, 0.2) is 0 Å². The van der Waals surface area contributed by atoms with E-state index >= 15 is 0 Å². The number of allylic oxidation sites excluding steroid dienone is 1. The highest BCUT2D eigenvalue weighted by atomic mass is 32.2. The first kappa shape index (κ1) is 20.7. The van der Waals surface area contributed by atoms with Gasteiger partial charge in [-0.15, -0.1) is 0 Å². The fraction of sp³-hybridized carbons (Fsp3) is 0.316. The van der Waals surface area contributed by atoms with Gasteiger partial charge in [0.1, 0.15) is 11.9 Å². The summed E-state index contributed by atoms with van der Waals surface area (Å²) < 4.78 is 28.0. The summed E-state index contributed by atoms with van der Waals surface area (Å²) in [5, 5.41) is 10.8. The number of ether oxygens (including phenoxy) is 1. The summed E-state index contributed by atoms with van der Waals surface area (Å²) in [7, 11) is -3.72. The SMILES string of the molecule is CC(C)NC(=O)O[C@H]1C=C(c2cnc(Nc3ccc(S(N)(=O)=O)cc3)cn2)CC1. The minimum Gasteiger partial charge on any atom is -0.442 e. The molecule has 0 unspecified atom stereocenters. The Morgan fingerprint density at radius 3 is 2.52 bits per heavy atom. The van der Waals surface area contributed by atoms with Crippen LogP contribution in [0.25, 0.3) is 5.57 Å². The van der Waals surface area contributed by atoms with Crippen LogP contribution in [0.5, 0.6) is 0 Å². The molecule has 10 heteroatoms.